The van der Waals surface area contributed by atoms with Gasteiger partial charge >= 0.3 is 0 Å². The molecule has 1 aromatic heterocycles. The Morgan fingerprint density at radius 1 is 1.44 bits per heavy atom. The quantitative estimate of drug-likeness (QED) is 0.783. The lowest BCUT2D eigenvalue weighted by Crippen LogP contribution is -2.35. The van der Waals surface area contributed by atoms with Gasteiger partial charge in [-0.1, -0.05) is 23.2 Å². The standard InChI is InChI=1S/C12H15Cl2N3O/c1-16(2)8-5-6-17(7-8)12(18)11-9(13)3-4-10(14)15-11/h3-4,8H,5-7H2,1-2H3. The molecule has 0 saturated carbocycles. The predicted molar refractivity (Wildman–Crippen MR) is 72.3 cm³/mol. The summed E-state index contributed by atoms with van der Waals surface area (Å²) in [4.78, 5) is 20.2. The van der Waals surface area contributed by atoms with E-state index in [1.54, 1.807) is 17.0 Å². The van der Waals surface area contributed by atoms with Crippen LogP contribution in [0.2, 0.25) is 10.2 Å². The zero-order chi connectivity index (χ0) is 13.3. The van der Waals surface area contributed by atoms with Crippen LogP contribution in [0.1, 0.15) is 16.9 Å². The van der Waals surface area contributed by atoms with Crippen molar-refractivity contribution in [2.45, 2.75) is 12.5 Å². The van der Waals surface area contributed by atoms with Gasteiger partial charge in [0.15, 0.2) is 0 Å². The van der Waals surface area contributed by atoms with Crippen molar-refractivity contribution in [3.63, 3.8) is 0 Å². The number of likely N-dealkylation sites (tertiary alicyclic amines) is 1. The van der Waals surface area contributed by atoms with Crippen molar-refractivity contribution >= 4 is 29.1 Å². The monoisotopic (exact) mass is 287 g/mol. The van der Waals surface area contributed by atoms with Crippen LogP contribution in [-0.4, -0.2) is 53.9 Å². The minimum absolute atomic E-state index is 0.146. The van der Waals surface area contributed by atoms with Crippen LogP contribution in [0.5, 0.6) is 0 Å². The number of hydrogen-bond acceptors (Lipinski definition) is 3. The normalized spacial score (nSPS) is 19.6. The topological polar surface area (TPSA) is 36.4 Å². The Balaban J connectivity index is 2.15. The molecule has 2 rings (SSSR count). The third kappa shape index (κ3) is 2.76. The summed E-state index contributed by atoms with van der Waals surface area (Å²) in [6.45, 7) is 1.43. The zero-order valence-electron chi connectivity index (χ0n) is 10.4. The highest BCUT2D eigenvalue weighted by Gasteiger charge is 2.29. The Bertz CT molecular complexity index is 465. The number of rotatable bonds is 2. The number of hydrogen-bond donors (Lipinski definition) is 0. The van der Waals surface area contributed by atoms with E-state index in [0.717, 1.165) is 13.0 Å². The first-order chi connectivity index (χ1) is 8.49. The Labute approximate surface area is 116 Å². The SMILES string of the molecule is CN(C)C1CCN(C(=O)c2nc(Cl)ccc2Cl)C1. The molecule has 1 amide bonds. The molecule has 1 fully saturated rings. The van der Waals surface area contributed by atoms with Crippen LogP contribution in [0, 0.1) is 0 Å². The Morgan fingerprint density at radius 2 is 2.17 bits per heavy atom. The van der Waals surface area contributed by atoms with E-state index in [0.29, 0.717) is 17.6 Å². The van der Waals surface area contributed by atoms with E-state index in [1.807, 2.05) is 14.1 Å². The third-order valence-electron chi connectivity index (χ3n) is 3.20. The predicted octanol–water partition coefficient (Wildman–Crippen LogP) is 2.16. The Kier molecular flexibility index (Phi) is 4.10. The zero-order valence-corrected chi connectivity index (χ0v) is 11.9. The molecular formula is C12H15Cl2N3O. The van der Waals surface area contributed by atoms with Gasteiger partial charge in [-0.05, 0) is 32.6 Å². The number of halogens is 2. The van der Waals surface area contributed by atoms with Crippen LogP contribution in [-0.2, 0) is 0 Å². The van der Waals surface area contributed by atoms with Gasteiger partial charge in [-0.3, -0.25) is 4.79 Å². The smallest absolute Gasteiger partial charge is 0.274 e. The summed E-state index contributed by atoms with van der Waals surface area (Å²) in [5, 5.41) is 0.629. The lowest BCUT2D eigenvalue weighted by Gasteiger charge is -2.20. The molecule has 0 spiro atoms. The summed E-state index contributed by atoms with van der Waals surface area (Å²) in [5.41, 5.74) is 0.239. The Hall–Kier alpha value is -0.840. The molecule has 0 radical (unpaired) electrons. The van der Waals surface area contributed by atoms with Crippen LogP contribution in [0.3, 0.4) is 0 Å². The van der Waals surface area contributed by atoms with Gasteiger partial charge in [0, 0.05) is 19.1 Å². The number of carbonyl (C=O) groups excluding carboxylic acids is 1. The van der Waals surface area contributed by atoms with E-state index in [2.05, 4.69) is 9.88 Å². The van der Waals surface area contributed by atoms with Gasteiger partial charge in [0.1, 0.15) is 10.8 Å². The molecule has 1 unspecified atom stereocenters. The van der Waals surface area contributed by atoms with E-state index in [1.165, 1.54) is 0 Å². The lowest BCUT2D eigenvalue weighted by atomic mass is 10.2. The average Bonchev–Trinajstić information content (AvgIpc) is 2.81. The van der Waals surface area contributed by atoms with Crippen molar-refractivity contribution in [3.8, 4) is 0 Å². The van der Waals surface area contributed by atoms with Crippen molar-refractivity contribution in [3.05, 3.63) is 28.0 Å². The fourth-order valence-electron chi connectivity index (χ4n) is 2.07. The summed E-state index contributed by atoms with van der Waals surface area (Å²) < 4.78 is 0. The molecule has 1 atom stereocenters. The van der Waals surface area contributed by atoms with Crippen LogP contribution < -0.4 is 0 Å². The number of pyridine rings is 1. The fourth-order valence-corrected chi connectivity index (χ4v) is 2.40. The van der Waals surface area contributed by atoms with Gasteiger partial charge in [0.05, 0.1) is 5.02 Å². The van der Waals surface area contributed by atoms with Gasteiger partial charge in [-0.2, -0.15) is 0 Å². The van der Waals surface area contributed by atoms with Gasteiger partial charge in [-0.25, -0.2) is 4.98 Å². The minimum Gasteiger partial charge on any atom is -0.336 e. The first-order valence-corrected chi connectivity index (χ1v) is 6.52. The van der Waals surface area contributed by atoms with Crippen LogP contribution in [0.25, 0.3) is 0 Å². The molecule has 0 N–H and O–H groups in total. The summed E-state index contributed by atoms with van der Waals surface area (Å²) in [6, 6.07) is 3.57. The average molecular weight is 288 g/mol. The van der Waals surface area contributed by atoms with Crippen molar-refractivity contribution in [2.24, 2.45) is 0 Å². The number of amides is 1. The molecule has 2 heterocycles. The summed E-state index contributed by atoms with van der Waals surface area (Å²) >= 11 is 11.8. The maximum absolute atomic E-state index is 12.3. The molecule has 0 aliphatic carbocycles. The van der Waals surface area contributed by atoms with Gasteiger partial charge in [-0.15, -0.1) is 0 Å². The molecule has 0 bridgehead atoms. The van der Waals surface area contributed by atoms with Crippen molar-refractivity contribution in [2.75, 3.05) is 27.2 Å². The second kappa shape index (κ2) is 5.43. The van der Waals surface area contributed by atoms with E-state index < -0.39 is 0 Å². The summed E-state index contributed by atoms with van der Waals surface area (Å²) in [5.74, 6) is -0.146. The van der Waals surface area contributed by atoms with E-state index in [-0.39, 0.29) is 16.8 Å². The molecule has 1 aliphatic heterocycles. The number of likely N-dealkylation sites (N-methyl/N-ethyl adjacent to an activating group) is 1. The maximum Gasteiger partial charge on any atom is 0.274 e. The summed E-state index contributed by atoms with van der Waals surface area (Å²) in [7, 11) is 4.03. The fraction of sp³-hybridized carbons (Fsp3) is 0.500. The van der Waals surface area contributed by atoms with Crippen molar-refractivity contribution < 1.29 is 4.79 Å². The Morgan fingerprint density at radius 3 is 2.78 bits per heavy atom. The van der Waals surface area contributed by atoms with Crippen LogP contribution >= 0.6 is 23.2 Å². The van der Waals surface area contributed by atoms with Crippen molar-refractivity contribution in [1.29, 1.82) is 0 Å². The van der Waals surface area contributed by atoms with E-state index in [4.69, 9.17) is 23.2 Å². The van der Waals surface area contributed by atoms with Gasteiger partial charge < -0.3 is 9.80 Å². The molecule has 1 aromatic rings. The van der Waals surface area contributed by atoms with Crippen LogP contribution in [0.4, 0.5) is 0 Å². The lowest BCUT2D eigenvalue weighted by molar-refractivity contribution is 0.0777. The minimum atomic E-state index is -0.146. The largest absolute Gasteiger partial charge is 0.336 e. The molecule has 6 heteroatoms. The molecule has 0 aromatic carbocycles. The molecule has 4 nitrogen and oxygen atoms in total. The summed E-state index contributed by atoms with van der Waals surface area (Å²) in [6.07, 6.45) is 0.969. The molecule has 1 aliphatic rings. The molecule has 18 heavy (non-hydrogen) atoms. The van der Waals surface area contributed by atoms with Crippen LogP contribution in [0.15, 0.2) is 12.1 Å². The highest BCUT2D eigenvalue weighted by Crippen LogP contribution is 2.21. The second-order valence-electron chi connectivity index (χ2n) is 4.62. The molecule has 98 valence electrons. The second-order valence-corrected chi connectivity index (χ2v) is 5.42. The van der Waals surface area contributed by atoms with Gasteiger partial charge in [0.2, 0.25) is 0 Å². The first kappa shape index (κ1) is 13.6. The highest BCUT2D eigenvalue weighted by molar-refractivity contribution is 6.34. The van der Waals surface area contributed by atoms with Crippen molar-refractivity contribution in [1.82, 2.24) is 14.8 Å². The first-order valence-electron chi connectivity index (χ1n) is 5.77. The van der Waals surface area contributed by atoms with Gasteiger partial charge in [0.25, 0.3) is 5.91 Å². The number of nitrogens with zero attached hydrogens (tertiary/aromatic N) is 3. The van der Waals surface area contributed by atoms with E-state index in [9.17, 15) is 4.79 Å². The number of aromatic nitrogens is 1. The number of carbonyl (C=O) groups is 1. The third-order valence-corrected chi connectivity index (χ3v) is 3.71. The van der Waals surface area contributed by atoms with E-state index >= 15 is 0 Å². The molecule has 1 saturated heterocycles. The molecular weight excluding hydrogens is 273 g/mol. The highest BCUT2D eigenvalue weighted by atomic mass is 35.5. The maximum atomic E-state index is 12.3.